The number of hydrogen-bond donors (Lipinski definition) is 2. The normalized spacial score (nSPS) is 21.6. The summed E-state index contributed by atoms with van der Waals surface area (Å²) in [7, 11) is 2.96. The SMILES string of the molecule is COc1ccc(C2CC(C(F)(F)F)n3nc(-c4cccc(C(=O)N5C[C@@H](C)C[C@@H](N(C(=O)O)C(C)(C)C)C5)c4)cc3N2)cc1OC. The molecule has 10 nitrogen and oxygen atoms in total. The lowest BCUT2D eigenvalue weighted by atomic mass is 9.91. The summed E-state index contributed by atoms with van der Waals surface area (Å²) in [5, 5.41) is 17.5. The number of carbonyl (C=O) groups excluding carboxylic acids is 1. The van der Waals surface area contributed by atoms with Crippen molar-refractivity contribution in [1.29, 1.82) is 0 Å². The molecule has 2 N–H and O–H groups in total. The lowest BCUT2D eigenvalue weighted by Gasteiger charge is -2.46. The molecule has 0 spiro atoms. The Morgan fingerprint density at radius 2 is 1.72 bits per heavy atom. The van der Waals surface area contributed by atoms with Gasteiger partial charge in [0, 0.05) is 42.2 Å². The average molecular weight is 644 g/mol. The van der Waals surface area contributed by atoms with E-state index in [1.165, 1.54) is 19.1 Å². The third kappa shape index (κ3) is 6.59. The summed E-state index contributed by atoms with van der Waals surface area (Å²) >= 11 is 0. The second-order valence-electron chi connectivity index (χ2n) is 13.1. The smallest absolute Gasteiger partial charge is 0.410 e. The van der Waals surface area contributed by atoms with Crippen LogP contribution in [0.25, 0.3) is 11.3 Å². The van der Waals surface area contributed by atoms with Crippen LogP contribution in [0.4, 0.5) is 23.8 Å². The summed E-state index contributed by atoms with van der Waals surface area (Å²) in [6.07, 6.45) is -5.26. The van der Waals surface area contributed by atoms with Gasteiger partial charge in [-0.2, -0.15) is 18.3 Å². The van der Waals surface area contributed by atoms with E-state index in [0.717, 1.165) is 4.68 Å². The molecule has 2 aliphatic heterocycles. The number of anilines is 1. The highest BCUT2D eigenvalue weighted by atomic mass is 19.4. The van der Waals surface area contributed by atoms with Gasteiger partial charge in [0.15, 0.2) is 17.5 Å². The summed E-state index contributed by atoms with van der Waals surface area (Å²) in [5.74, 6) is 0.873. The predicted octanol–water partition coefficient (Wildman–Crippen LogP) is 6.86. The van der Waals surface area contributed by atoms with Gasteiger partial charge >= 0.3 is 12.3 Å². The number of piperidine rings is 1. The molecule has 0 aliphatic carbocycles. The van der Waals surface area contributed by atoms with E-state index in [1.807, 2.05) is 27.7 Å². The Hall–Kier alpha value is -4.42. The zero-order valence-corrected chi connectivity index (χ0v) is 26.8. The van der Waals surface area contributed by atoms with Crippen molar-refractivity contribution in [2.75, 3.05) is 32.6 Å². The highest BCUT2D eigenvalue weighted by molar-refractivity contribution is 5.95. The number of ether oxygens (including phenoxy) is 2. The van der Waals surface area contributed by atoms with Crippen molar-refractivity contribution in [2.24, 2.45) is 5.92 Å². The highest BCUT2D eigenvalue weighted by Crippen LogP contribution is 2.45. The molecule has 2 aromatic carbocycles. The lowest BCUT2D eigenvalue weighted by molar-refractivity contribution is -0.173. The lowest BCUT2D eigenvalue weighted by Crippen LogP contribution is -2.58. The number of halogens is 3. The fourth-order valence-electron chi connectivity index (χ4n) is 6.66. The Kier molecular flexibility index (Phi) is 8.89. The first kappa shape index (κ1) is 33.0. The number of nitrogens with one attached hydrogen (secondary N) is 1. The minimum atomic E-state index is -4.56. The van der Waals surface area contributed by atoms with Gasteiger partial charge in [0.25, 0.3) is 5.91 Å². The Balaban J connectivity index is 1.43. The van der Waals surface area contributed by atoms with Crippen molar-refractivity contribution in [2.45, 2.75) is 70.4 Å². The Bertz CT molecular complexity index is 1600. The third-order valence-corrected chi connectivity index (χ3v) is 8.62. The Morgan fingerprint density at radius 3 is 2.35 bits per heavy atom. The van der Waals surface area contributed by atoms with Crippen LogP contribution in [-0.4, -0.2) is 81.8 Å². The fraction of sp³-hybridized carbons (Fsp3) is 0.485. The second-order valence-corrected chi connectivity index (χ2v) is 13.1. The van der Waals surface area contributed by atoms with Crippen molar-refractivity contribution < 1.29 is 37.3 Å². The number of aromatic nitrogens is 2. The minimum Gasteiger partial charge on any atom is -0.493 e. The zero-order valence-electron chi connectivity index (χ0n) is 26.8. The molecule has 2 unspecified atom stereocenters. The van der Waals surface area contributed by atoms with E-state index in [2.05, 4.69) is 10.4 Å². The number of benzene rings is 2. The van der Waals surface area contributed by atoms with Crippen LogP contribution in [0, 0.1) is 5.92 Å². The van der Waals surface area contributed by atoms with Gasteiger partial charge in [-0.25, -0.2) is 9.48 Å². The molecule has 5 rings (SSSR count). The quantitative estimate of drug-likeness (QED) is 0.302. The van der Waals surface area contributed by atoms with Gasteiger partial charge in [0.05, 0.1) is 32.0 Å². The first-order chi connectivity index (χ1) is 21.6. The number of methoxy groups -OCH3 is 2. The zero-order chi connectivity index (χ0) is 33.6. The van der Waals surface area contributed by atoms with E-state index < -0.39 is 29.9 Å². The molecular formula is C33H40F3N5O5. The first-order valence-corrected chi connectivity index (χ1v) is 15.2. The van der Waals surface area contributed by atoms with Crippen LogP contribution in [0.3, 0.4) is 0 Å². The van der Waals surface area contributed by atoms with E-state index in [0.29, 0.717) is 41.2 Å². The van der Waals surface area contributed by atoms with Crippen molar-refractivity contribution in [3.05, 3.63) is 59.7 Å². The van der Waals surface area contributed by atoms with Gasteiger partial charge in [0.1, 0.15) is 5.82 Å². The number of rotatable bonds is 6. The molecule has 1 saturated heterocycles. The third-order valence-electron chi connectivity index (χ3n) is 8.62. The van der Waals surface area contributed by atoms with Gasteiger partial charge in [-0.15, -0.1) is 0 Å². The van der Waals surface area contributed by atoms with Crippen molar-refractivity contribution in [3.8, 4) is 22.8 Å². The average Bonchev–Trinajstić information content (AvgIpc) is 3.42. The molecule has 4 atom stereocenters. The number of likely N-dealkylation sites (tertiary alicyclic amines) is 1. The maximum atomic E-state index is 14.4. The number of amides is 2. The van der Waals surface area contributed by atoms with Crippen LogP contribution in [0.2, 0.25) is 0 Å². The minimum absolute atomic E-state index is 0.0685. The number of carboxylic acid groups (broad SMARTS) is 1. The van der Waals surface area contributed by atoms with Crippen LogP contribution in [0.5, 0.6) is 11.5 Å². The molecule has 0 bridgehead atoms. The van der Waals surface area contributed by atoms with Gasteiger partial charge in [-0.3, -0.25) is 9.69 Å². The maximum Gasteiger partial charge on any atom is 0.410 e. The van der Waals surface area contributed by atoms with E-state index in [4.69, 9.17) is 9.47 Å². The molecule has 2 amide bonds. The van der Waals surface area contributed by atoms with Gasteiger partial charge in [0.2, 0.25) is 0 Å². The molecule has 0 saturated carbocycles. The van der Waals surface area contributed by atoms with Crippen LogP contribution >= 0.6 is 0 Å². The fourth-order valence-corrected chi connectivity index (χ4v) is 6.66. The molecule has 0 radical (unpaired) electrons. The number of nitrogens with zero attached hydrogens (tertiary/aromatic N) is 4. The summed E-state index contributed by atoms with van der Waals surface area (Å²) < 4.78 is 54.7. The van der Waals surface area contributed by atoms with Gasteiger partial charge < -0.3 is 24.8 Å². The standard InChI is InChI=1S/C33H40F3N5O5/c1-19-12-23(40(31(43)44)32(2,3)4)18-39(17-19)30(42)22-9-7-8-20(13-22)25-16-29-37-24(15-28(33(34,35)36)41(29)38-25)21-10-11-26(45-5)27(14-21)46-6/h7-11,13-14,16,19,23-24,28,37H,12,15,17-18H2,1-6H3,(H,43,44)/t19-,23+,24?,28?/m0/s1. The number of fused-ring (bicyclic) bond motifs is 1. The predicted molar refractivity (Wildman–Crippen MR) is 166 cm³/mol. The molecule has 46 heavy (non-hydrogen) atoms. The Morgan fingerprint density at radius 1 is 1.00 bits per heavy atom. The highest BCUT2D eigenvalue weighted by Gasteiger charge is 2.47. The molecule has 2 aliphatic rings. The van der Waals surface area contributed by atoms with E-state index in [9.17, 15) is 27.9 Å². The summed E-state index contributed by atoms with van der Waals surface area (Å²) in [6, 6.07) is 10.3. The summed E-state index contributed by atoms with van der Waals surface area (Å²) in [4.78, 5) is 29.0. The summed E-state index contributed by atoms with van der Waals surface area (Å²) in [5.41, 5.74) is 1.08. The van der Waals surface area contributed by atoms with Crippen LogP contribution < -0.4 is 14.8 Å². The van der Waals surface area contributed by atoms with Crippen LogP contribution in [0.1, 0.15) is 68.5 Å². The first-order valence-electron chi connectivity index (χ1n) is 15.2. The molecule has 3 heterocycles. The van der Waals surface area contributed by atoms with Crippen LogP contribution in [0.15, 0.2) is 48.5 Å². The van der Waals surface area contributed by atoms with Gasteiger partial charge in [-0.1, -0.05) is 25.1 Å². The van der Waals surface area contributed by atoms with E-state index >= 15 is 0 Å². The monoisotopic (exact) mass is 643 g/mol. The molecule has 3 aromatic rings. The van der Waals surface area contributed by atoms with Crippen LogP contribution in [-0.2, 0) is 0 Å². The molecule has 1 aromatic heterocycles. The number of alkyl halides is 3. The summed E-state index contributed by atoms with van der Waals surface area (Å²) in [6.45, 7) is 8.17. The molecule has 1 fully saturated rings. The number of carbonyl (C=O) groups is 2. The van der Waals surface area contributed by atoms with E-state index in [1.54, 1.807) is 53.4 Å². The number of hydrogen-bond acceptors (Lipinski definition) is 6. The Labute approximate surface area is 266 Å². The topological polar surface area (TPSA) is 109 Å². The second kappa shape index (κ2) is 12.4. The van der Waals surface area contributed by atoms with Crippen molar-refractivity contribution >= 4 is 17.8 Å². The largest absolute Gasteiger partial charge is 0.493 e. The van der Waals surface area contributed by atoms with E-state index in [-0.39, 0.29) is 42.3 Å². The molecular weight excluding hydrogens is 603 g/mol. The van der Waals surface area contributed by atoms with Crippen molar-refractivity contribution in [1.82, 2.24) is 19.6 Å². The van der Waals surface area contributed by atoms with Gasteiger partial charge in [-0.05, 0) is 62.9 Å². The molecule has 13 heteroatoms. The molecule has 248 valence electrons. The maximum absolute atomic E-state index is 14.4. The van der Waals surface area contributed by atoms with Crippen molar-refractivity contribution in [3.63, 3.8) is 0 Å².